The number of ketones is 2. The Morgan fingerprint density at radius 2 is 1.68 bits per heavy atom. The topological polar surface area (TPSA) is 34.1 Å². The summed E-state index contributed by atoms with van der Waals surface area (Å²) in [6.07, 6.45) is 0.937. The SMILES string of the molecule is CC1(C)CC(=O)C(=CSCc2ccccc2)C(=O)C1. The number of hydrogen-bond acceptors (Lipinski definition) is 3. The van der Waals surface area contributed by atoms with Crippen molar-refractivity contribution in [2.45, 2.75) is 32.4 Å². The van der Waals surface area contributed by atoms with Gasteiger partial charge in [0, 0.05) is 18.6 Å². The zero-order chi connectivity index (χ0) is 13.9. The molecule has 2 rings (SSSR count). The van der Waals surface area contributed by atoms with E-state index in [9.17, 15) is 9.59 Å². The Balaban J connectivity index is 2.00. The van der Waals surface area contributed by atoms with Gasteiger partial charge in [0.05, 0.1) is 5.57 Å². The molecule has 0 atom stereocenters. The Morgan fingerprint density at radius 3 is 2.26 bits per heavy atom. The summed E-state index contributed by atoms with van der Waals surface area (Å²) in [5.74, 6) is 0.762. The minimum atomic E-state index is -0.185. The molecule has 3 heteroatoms. The first-order valence-corrected chi connectivity index (χ1v) is 7.45. The highest BCUT2D eigenvalue weighted by atomic mass is 32.2. The van der Waals surface area contributed by atoms with Crippen molar-refractivity contribution in [3.63, 3.8) is 0 Å². The molecule has 0 aliphatic heterocycles. The Kier molecular flexibility index (Phi) is 4.25. The number of benzene rings is 1. The molecule has 0 bridgehead atoms. The molecule has 1 saturated carbocycles. The van der Waals surface area contributed by atoms with Gasteiger partial charge in [0.25, 0.3) is 0 Å². The fourth-order valence-electron chi connectivity index (χ4n) is 2.20. The van der Waals surface area contributed by atoms with Crippen LogP contribution in [0.1, 0.15) is 32.3 Å². The summed E-state index contributed by atoms with van der Waals surface area (Å²) < 4.78 is 0. The lowest BCUT2D eigenvalue weighted by Crippen LogP contribution is -2.31. The van der Waals surface area contributed by atoms with Gasteiger partial charge in [-0.2, -0.15) is 0 Å². The van der Waals surface area contributed by atoms with Crippen molar-refractivity contribution in [1.82, 2.24) is 0 Å². The number of rotatable bonds is 3. The minimum Gasteiger partial charge on any atom is -0.294 e. The van der Waals surface area contributed by atoms with E-state index in [1.807, 2.05) is 44.2 Å². The van der Waals surface area contributed by atoms with Gasteiger partial charge in [-0.1, -0.05) is 44.2 Å². The first kappa shape index (κ1) is 14.1. The zero-order valence-corrected chi connectivity index (χ0v) is 12.1. The molecule has 1 fully saturated rings. The Morgan fingerprint density at radius 1 is 1.11 bits per heavy atom. The van der Waals surface area contributed by atoms with E-state index in [0.29, 0.717) is 18.4 Å². The van der Waals surface area contributed by atoms with Gasteiger partial charge in [-0.3, -0.25) is 9.59 Å². The molecular formula is C16H18O2S. The van der Waals surface area contributed by atoms with Crippen LogP contribution in [0.2, 0.25) is 0 Å². The van der Waals surface area contributed by atoms with Gasteiger partial charge in [-0.25, -0.2) is 0 Å². The molecule has 0 heterocycles. The maximum Gasteiger partial charge on any atom is 0.167 e. The second kappa shape index (κ2) is 5.74. The second-order valence-electron chi connectivity index (χ2n) is 5.69. The summed E-state index contributed by atoms with van der Waals surface area (Å²) in [7, 11) is 0. The number of thioether (sulfide) groups is 1. The quantitative estimate of drug-likeness (QED) is 0.621. The van der Waals surface area contributed by atoms with Crippen LogP contribution in [0, 0.1) is 5.41 Å². The molecule has 0 aromatic heterocycles. The molecule has 19 heavy (non-hydrogen) atoms. The van der Waals surface area contributed by atoms with Gasteiger partial charge in [0.2, 0.25) is 0 Å². The van der Waals surface area contributed by atoms with Gasteiger partial charge in [0.1, 0.15) is 0 Å². The van der Waals surface area contributed by atoms with E-state index in [0.717, 1.165) is 5.75 Å². The lowest BCUT2D eigenvalue weighted by Gasteiger charge is -2.28. The maximum absolute atomic E-state index is 12.0. The third-order valence-corrected chi connectivity index (χ3v) is 4.08. The van der Waals surface area contributed by atoms with Crippen LogP contribution in [0.25, 0.3) is 0 Å². The minimum absolute atomic E-state index is 0.0122. The van der Waals surface area contributed by atoms with Crippen LogP contribution in [0.15, 0.2) is 41.3 Å². The van der Waals surface area contributed by atoms with Gasteiger partial charge < -0.3 is 0 Å². The standard InChI is InChI=1S/C16H18O2S/c1-16(2)8-14(17)13(15(18)9-16)11-19-10-12-6-4-3-5-7-12/h3-7,11H,8-10H2,1-2H3. The molecule has 1 aromatic rings. The molecular weight excluding hydrogens is 256 g/mol. The van der Waals surface area contributed by atoms with Crippen molar-refractivity contribution in [2.75, 3.05) is 0 Å². The van der Waals surface area contributed by atoms with Crippen LogP contribution in [0.5, 0.6) is 0 Å². The van der Waals surface area contributed by atoms with Crippen LogP contribution in [0.3, 0.4) is 0 Å². The molecule has 1 aliphatic rings. The molecule has 2 nitrogen and oxygen atoms in total. The average molecular weight is 274 g/mol. The van der Waals surface area contributed by atoms with Crippen LogP contribution in [-0.2, 0) is 15.3 Å². The predicted octanol–water partition coefficient (Wildman–Crippen LogP) is 3.76. The molecule has 0 radical (unpaired) electrons. The van der Waals surface area contributed by atoms with Crippen LogP contribution in [0.4, 0.5) is 0 Å². The van der Waals surface area contributed by atoms with Gasteiger partial charge in [-0.15, -0.1) is 11.8 Å². The molecule has 0 N–H and O–H groups in total. The van der Waals surface area contributed by atoms with E-state index >= 15 is 0 Å². The molecule has 0 spiro atoms. The smallest absolute Gasteiger partial charge is 0.167 e. The van der Waals surface area contributed by atoms with Crippen molar-refractivity contribution >= 4 is 23.3 Å². The Hall–Kier alpha value is -1.35. The average Bonchev–Trinajstić information content (AvgIpc) is 2.32. The third-order valence-electron chi connectivity index (χ3n) is 3.17. The van der Waals surface area contributed by atoms with Crippen molar-refractivity contribution in [3.05, 3.63) is 46.9 Å². The highest BCUT2D eigenvalue weighted by Gasteiger charge is 2.35. The number of carbonyl (C=O) groups is 2. The van der Waals surface area contributed by atoms with Crippen LogP contribution >= 0.6 is 11.8 Å². The fourth-order valence-corrected chi connectivity index (χ4v) is 3.10. The summed E-state index contributed by atoms with van der Waals surface area (Å²) in [6, 6.07) is 10.0. The summed E-state index contributed by atoms with van der Waals surface area (Å²) in [4.78, 5) is 23.9. The van der Waals surface area contributed by atoms with E-state index in [1.165, 1.54) is 17.3 Å². The lowest BCUT2D eigenvalue weighted by molar-refractivity contribution is -0.127. The number of allylic oxidation sites excluding steroid dienone is 1. The fraction of sp³-hybridized carbons (Fsp3) is 0.375. The van der Waals surface area contributed by atoms with Crippen molar-refractivity contribution in [3.8, 4) is 0 Å². The lowest BCUT2D eigenvalue weighted by atomic mass is 9.74. The predicted molar refractivity (Wildman–Crippen MR) is 78.8 cm³/mol. The Bertz CT molecular complexity index is 493. The second-order valence-corrected chi connectivity index (χ2v) is 6.55. The first-order chi connectivity index (χ1) is 8.98. The summed E-state index contributed by atoms with van der Waals surface area (Å²) in [6.45, 7) is 3.94. The van der Waals surface area contributed by atoms with Crippen LogP contribution < -0.4 is 0 Å². The van der Waals surface area contributed by atoms with E-state index in [1.54, 1.807) is 5.41 Å². The molecule has 100 valence electrons. The van der Waals surface area contributed by atoms with Gasteiger partial charge in [0.15, 0.2) is 11.6 Å². The zero-order valence-electron chi connectivity index (χ0n) is 11.3. The van der Waals surface area contributed by atoms with Gasteiger partial charge in [-0.05, 0) is 16.4 Å². The van der Waals surface area contributed by atoms with E-state index in [4.69, 9.17) is 0 Å². The molecule has 1 aromatic carbocycles. The Labute approximate surface area is 118 Å². The van der Waals surface area contributed by atoms with Crippen LogP contribution in [-0.4, -0.2) is 11.6 Å². The van der Waals surface area contributed by atoms with E-state index in [2.05, 4.69) is 0 Å². The van der Waals surface area contributed by atoms with Crippen molar-refractivity contribution < 1.29 is 9.59 Å². The van der Waals surface area contributed by atoms with Gasteiger partial charge >= 0.3 is 0 Å². The maximum atomic E-state index is 12.0. The molecule has 0 unspecified atom stereocenters. The van der Waals surface area contributed by atoms with Crippen molar-refractivity contribution in [2.24, 2.45) is 5.41 Å². The highest BCUT2D eigenvalue weighted by Crippen LogP contribution is 2.34. The molecule has 1 aliphatic carbocycles. The number of hydrogen-bond donors (Lipinski definition) is 0. The number of Topliss-reactive ketones (excluding diaryl/α,β-unsaturated/α-hetero) is 2. The molecule has 0 saturated heterocycles. The monoisotopic (exact) mass is 274 g/mol. The largest absolute Gasteiger partial charge is 0.294 e. The summed E-state index contributed by atoms with van der Waals surface area (Å²) in [5.41, 5.74) is 1.40. The summed E-state index contributed by atoms with van der Waals surface area (Å²) >= 11 is 1.52. The third kappa shape index (κ3) is 3.80. The summed E-state index contributed by atoms with van der Waals surface area (Å²) in [5, 5.41) is 1.74. The number of carbonyl (C=O) groups excluding carboxylic acids is 2. The molecule has 0 amide bonds. The van der Waals surface area contributed by atoms with E-state index in [-0.39, 0.29) is 17.0 Å². The van der Waals surface area contributed by atoms with E-state index < -0.39 is 0 Å². The highest BCUT2D eigenvalue weighted by molar-refractivity contribution is 8.01. The normalized spacial score (nSPS) is 18.5. The first-order valence-electron chi connectivity index (χ1n) is 6.40. The van der Waals surface area contributed by atoms with Crippen molar-refractivity contribution in [1.29, 1.82) is 0 Å².